The molecule has 2 fully saturated rings. The van der Waals surface area contributed by atoms with Gasteiger partial charge in [0, 0.05) is 30.7 Å². The van der Waals surface area contributed by atoms with Gasteiger partial charge in [-0.25, -0.2) is 18.0 Å². The molecule has 0 amide bonds. The van der Waals surface area contributed by atoms with Gasteiger partial charge in [-0.1, -0.05) is 17.7 Å². The first-order valence-corrected chi connectivity index (χ1v) is 10.2. The molecule has 1 saturated carbocycles. The molecule has 4 nitrogen and oxygen atoms in total. The monoisotopic (exact) mass is 439 g/mol. The van der Waals surface area contributed by atoms with E-state index in [9.17, 15) is 23.1 Å². The zero-order chi connectivity index (χ0) is 21.4. The molecule has 2 aromatic carbocycles. The van der Waals surface area contributed by atoms with Crippen molar-refractivity contribution in [1.29, 1.82) is 0 Å². The number of alkyl halides is 1. The fraction of sp³-hybridized carbons (Fsp3) is 0.409. The first-order valence-electron chi connectivity index (χ1n) is 9.85. The lowest BCUT2D eigenvalue weighted by Crippen LogP contribution is -2.47. The lowest BCUT2D eigenvalue weighted by Gasteiger charge is -2.35. The zero-order valence-electron chi connectivity index (χ0n) is 16.1. The third kappa shape index (κ3) is 4.57. The zero-order valence-corrected chi connectivity index (χ0v) is 16.8. The van der Waals surface area contributed by atoms with Crippen molar-refractivity contribution < 1.29 is 27.8 Å². The SMILES string of the molecule is O=C(O)c1cc(C2CC2)c(O[C@H]2CN(Cc3ccc(F)cc3Cl)CC[C@@H]2F)cc1F. The van der Waals surface area contributed by atoms with E-state index >= 15 is 0 Å². The number of aromatic carboxylic acids is 1. The van der Waals surface area contributed by atoms with Crippen LogP contribution in [0.25, 0.3) is 0 Å². The van der Waals surface area contributed by atoms with Crippen molar-refractivity contribution in [3.8, 4) is 5.75 Å². The van der Waals surface area contributed by atoms with Crippen molar-refractivity contribution in [3.05, 3.63) is 63.7 Å². The van der Waals surface area contributed by atoms with Crippen molar-refractivity contribution in [2.24, 2.45) is 0 Å². The van der Waals surface area contributed by atoms with Crippen LogP contribution in [0.3, 0.4) is 0 Å². The van der Waals surface area contributed by atoms with E-state index < -0.39 is 35.4 Å². The van der Waals surface area contributed by atoms with Gasteiger partial charge in [0.25, 0.3) is 0 Å². The highest BCUT2D eigenvalue weighted by Gasteiger charge is 2.34. The fourth-order valence-corrected chi connectivity index (χ4v) is 4.04. The molecule has 8 heteroatoms. The second-order valence-corrected chi connectivity index (χ2v) is 8.29. The average Bonchev–Trinajstić information content (AvgIpc) is 3.51. The van der Waals surface area contributed by atoms with Crippen LogP contribution in [0.15, 0.2) is 30.3 Å². The van der Waals surface area contributed by atoms with Crippen molar-refractivity contribution in [3.63, 3.8) is 0 Å². The second kappa shape index (κ2) is 8.47. The topological polar surface area (TPSA) is 49.8 Å². The lowest BCUT2D eigenvalue weighted by molar-refractivity contribution is 0.0160. The van der Waals surface area contributed by atoms with E-state index in [0.717, 1.165) is 24.5 Å². The average molecular weight is 440 g/mol. The Morgan fingerprint density at radius 2 is 1.97 bits per heavy atom. The molecule has 2 aliphatic rings. The number of likely N-dealkylation sites (tertiary alicyclic amines) is 1. The lowest BCUT2D eigenvalue weighted by atomic mass is 10.0. The number of rotatable bonds is 6. The summed E-state index contributed by atoms with van der Waals surface area (Å²) in [5, 5.41) is 9.48. The van der Waals surface area contributed by atoms with Crippen LogP contribution in [0.1, 0.15) is 46.7 Å². The maximum absolute atomic E-state index is 14.6. The molecule has 0 unspecified atom stereocenters. The largest absolute Gasteiger partial charge is 0.486 e. The summed E-state index contributed by atoms with van der Waals surface area (Å²) in [6.07, 6.45) is -0.109. The van der Waals surface area contributed by atoms with E-state index in [-0.39, 0.29) is 24.6 Å². The minimum atomic E-state index is -1.34. The Hall–Kier alpha value is -2.25. The van der Waals surface area contributed by atoms with Crippen LogP contribution >= 0.6 is 11.6 Å². The molecule has 1 aliphatic heterocycles. The van der Waals surface area contributed by atoms with E-state index in [2.05, 4.69) is 0 Å². The maximum atomic E-state index is 14.6. The third-order valence-electron chi connectivity index (χ3n) is 5.60. The number of halogens is 4. The highest BCUT2D eigenvalue weighted by molar-refractivity contribution is 6.31. The summed E-state index contributed by atoms with van der Waals surface area (Å²) in [6.45, 7) is 1.14. The van der Waals surface area contributed by atoms with E-state index in [1.807, 2.05) is 4.90 Å². The molecular formula is C22H21ClF3NO3. The number of carboxylic acid groups (broad SMARTS) is 1. The van der Waals surface area contributed by atoms with Crippen molar-refractivity contribution >= 4 is 17.6 Å². The Balaban J connectivity index is 1.52. The first-order chi connectivity index (χ1) is 14.3. The van der Waals surface area contributed by atoms with Crippen LogP contribution in [-0.4, -0.2) is 41.3 Å². The smallest absolute Gasteiger partial charge is 0.338 e. The van der Waals surface area contributed by atoms with Gasteiger partial charge in [-0.15, -0.1) is 0 Å². The number of carbonyl (C=O) groups is 1. The number of carboxylic acids is 1. The summed E-state index contributed by atoms with van der Waals surface area (Å²) >= 11 is 6.10. The van der Waals surface area contributed by atoms with Crippen molar-refractivity contribution in [1.82, 2.24) is 4.90 Å². The van der Waals surface area contributed by atoms with Gasteiger partial charge in [-0.2, -0.15) is 0 Å². The molecule has 1 aliphatic carbocycles. The van der Waals surface area contributed by atoms with Crippen LogP contribution in [0.2, 0.25) is 5.02 Å². The van der Waals surface area contributed by atoms with Gasteiger partial charge in [0.15, 0.2) is 0 Å². The van der Waals surface area contributed by atoms with Crippen molar-refractivity contribution in [2.75, 3.05) is 13.1 Å². The van der Waals surface area contributed by atoms with Crippen LogP contribution in [0.5, 0.6) is 5.75 Å². The fourth-order valence-electron chi connectivity index (χ4n) is 3.81. The summed E-state index contributed by atoms with van der Waals surface area (Å²) in [5.41, 5.74) is 0.932. The highest BCUT2D eigenvalue weighted by atomic mass is 35.5. The Morgan fingerprint density at radius 3 is 2.63 bits per heavy atom. The van der Waals surface area contributed by atoms with Crippen LogP contribution < -0.4 is 4.74 Å². The molecule has 0 radical (unpaired) electrons. The molecule has 2 atom stereocenters. The van der Waals surface area contributed by atoms with Gasteiger partial charge in [0.2, 0.25) is 0 Å². The van der Waals surface area contributed by atoms with E-state index in [1.165, 1.54) is 18.2 Å². The number of piperidine rings is 1. The molecule has 1 heterocycles. The van der Waals surface area contributed by atoms with E-state index in [4.69, 9.17) is 16.3 Å². The summed E-state index contributed by atoms with van der Waals surface area (Å²) in [5.74, 6) is -2.36. The highest BCUT2D eigenvalue weighted by Crippen LogP contribution is 2.45. The standard InChI is InChI=1S/C22H21ClF3NO3/c23-17-7-14(24)4-3-13(17)10-27-6-5-18(25)21(11-27)30-20-9-19(26)16(22(28)29)8-15(20)12-1-2-12/h3-4,7-9,12,18,21H,1-2,5-6,10-11H2,(H,28,29)/t18-,21-/m0/s1. The van der Waals surface area contributed by atoms with Crippen molar-refractivity contribution in [2.45, 2.75) is 44.0 Å². The predicted molar refractivity (Wildman–Crippen MR) is 106 cm³/mol. The van der Waals surface area contributed by atoms with Gasteiger partial charge in [0.05, 0.1) is 5.56 Å². The predicted octanol–water partition coefficient (Wildman–Crippen LogP) is 5.19. The van der Waals surface area contributed by atoms with Gasteiger partial charge in [-0.3, -0.25) is 4.90 Å². The van der Waals surface area contributed by atoms with Gasteiger partial charge >= 0.3 is 5.97 Å². The minimum absolute atomic E-state index is 0.106. The summed E-state index contributed by atoms with van der Waals surface area (Å²) in [6, 6.07) is 6.52. The van der Waals surface area contributed by atoms with Gasteiger partial charge in [-0.05, 0) is 54.5 Å². The molecular weight excluding hydrogens is 419 g/mol. The second-order valence-electron chi connectivity index (χ2n) is 7.88. The molecule has 1 N–H and O–H groups in total. The summed E-state index contributed by atoms with van der Waals surface area (Å²) < 4.78 is 48.0. The third-order valence-corrected chi connectivity index (χ3v) is 5.95. The number of ether oxygens (including phenoxy) is 1. The molecule has 2 aromatic rings. The number of hydrogen-bond donors (Lipinski definition) is 1. The summed E-state index contributed by atoms with van der Waals surface area (Å²) in [7, 11) is 0. The maximum Gasteiger partial charge on any atom is 0.338 e. The number of benzene rings is 2. The van der Waals surface area contributed by atoms with Gasteiger partial charge in [0.1, 0.15) is 29.7 Å². The van der Waals surface area contributed by atoms with Crippen LogP contribution in [-0.2, 0) is 6.54 Å². The Labute approximate surface area is 177 Å². The Bertz CT molecular complexity index is 967. The van der Waals surface area contributed by atoms with E-state index in [1.54, 1.807) is 6.07 Å². The van der Waals surface area contributed by atoms with Crippen LogP contribution in [0.4, 0.5) is 13.2 Å². The number of nitrogens with zero attached hydrogens (tertiary/aromatic N) is 1. The first kappa shape index (κ1) is 21.0. The Morgan fingerprint density at radius 1 is 1.20 bits per heavy atom. The molecule has 0 aromatic heterocycles. The normalized spacial score (nSPS) is 22.1. The number of hydrogen-bond acceptors (Lipinski definition) is 3. The van der Waals surface area contributed by atoms with Gasteiger partial charge < -0.3 is 9.84 Å². The molecule has 30 heavy (non-hydrogen) atoms. The van der Waals surface area contributed by atoms with E-state index in [0.29, 0.717) is 23.7 Å². The molecule has 1 saturated heterocycles. The van der Waals surface area contributed by atoms with Crippen LogP contribution in [0, 0.1) is 11.6 Å². The molecule has 4 rings (SSSR count). The molecule has 0 bridgehead atoms. The minimum Gasteiger partial charge on any atom is -0.486 e. The Kier molecular flexibility index (Phi) is 5.93. The quantitative estimate of drug-likeness (QED) is 0.673. The summed E-state index contributed by atoms with van der Waals surface area (Å²) in [4.78, 5) is 13.2. The molecule has 160 valence electrons. The molecule has 0 spiro atoms.